The zero-order chi connectivity index (χ0) is 25.1. The number of piperidine rings is 1. The van der Waals surface area contributed by atoms with E-state index in [0.29, 0.717) is 30.8 Å². The van der Waals surface area contributed by atoms with Crippen molar-refractivity contribution in [1.82, 2.24) is 15.5 Å². The molecule has 4 rings (SSSR count). The van der Waals surface area contributed by atoms with E-state index in [2.05, 4.69) is 16.0 Å². The van der Waals surface area contributed by atoms with Crippen LogP contribution in [-0.4, -0.2) is 63.8 Å². The first-order chi connectivity index (χ1) is 16.7. The number of aromatic hydroxyl groups is 2. The number of carbonyl (C=O) groups excluding carboxylic acids is 5. The van der Waals surface area contributed by atoms with Gasteiger partial charge < -0.3 is 20.8 Å². The van der Waals surface area contributed by atoms with Gasteiger partial charge in [-0.2, -0.15) is 0 Å². The van der Waals surface area contributed by atoms with Gasteiger partial charge in [0.2, 0.25) is 17.7 Å². The normalized spacial score (nSPS) is 17.3. The van der Waals surface area contributed by atoms with Crippen LogP contribution in [-0.2, 0) is 20.8 Å². The number of carbonyl (C=O) groups is 5. The molecule has 2 aromatic carbocycles. The molecule has 1 unspecified atom stereocenters. The fourth-order valence-electron chi connectivity index (χ4n) is 4.06. The second-order valence-electron chi connectivity index (χ2n) is 8.34. The fraction of sp³-hybridized carbons (Fsp3) is 0.292. The van der Waals surface area contributed by atoms with E-state index in [1.54, 1.807) is 18.2 Å². The third kappa shape index (κ3) is 5.08. The Morgan fingerprint density at radius 3 is 2.49 bits per heavy atom. The topological polar surface area (TPSA) is 165 Å². The lowest BCUT2D eigenvalue weighted by Crippen LogP contribution is -2.54. The summed E-state index contributed by atoms with van der Waals surface area (Å²) in [5, 5.41) is 26.9. The van der Waals surface area contributed by atoms with Crippen LogP contribution in [0.25, 0.3) is 0 Å². The largest absolute Gasteiger partial charge is 0.504 e. The minimum Gasteiger partial charge on any atom is -0.504 e. The van der Waals surface area contributed by atoms with Crippen molar-refractivity contribution < 1.29 is 34.2 Å². The van der Waals surface area contributed by atoms with Crippen molar-refractivity contribution in [3.63, 3.8) is 0 Å². The molecule has 0 spiro atoms. The van der Waals surface area contributed by atoms with Gasteiger partial charge in [-0.1, -0.05) is 6.07 Å². The van der Waals surface area contributed by atoms with E-state index in [1.807, 2.05) is 0 Å². The summed E-state index contributed by atoms with van der Waals surface area (Å²) in [6.45, 7) is 0.875. The quantitative estimate of drug-likeness (QED) is 0.209. The Balaban J connectivity index is 1.26. The molecule has 11 nitrogen and oxygen atoms in total. The van der Waals surface area contributed by atoms with Crippen molar-refractivity contribution >= 4 is 35.2 Å². The lowest BCUT2D eigenvalue weighted by atomic mass is 10.0. The highest BCUT2D eigenvalue weighted by Crippen LogP contribution is 2.29. The lowest BCUT2D eigenvalue weighted by Gasteiger charge is -2.27. The molecule has 182 valence electrons. The number of phenols is 2. The van der Waals surface area contributed by atoms with Crippen LogP contribution in [0.5, 0.6) is 11.5 Å². The molecule has 0 bridgehead atoms. The van der Waals surface area contributed by atoms with E-state index in [4.69, 9.17) is 0 Å². The van der Waals surface area contributed by atoms with Crippen LogP contribution >= 0.6 is 0 Å². The highest BCUT2D eigenvalue weighted by Gasteiger charge is 2.44. The standard InChI is InChI=1S/C24H24N4O7/c29-18-6-2-13(10-19(18)30)11-21(32)26-9-1-8-25-14-3-4-15-16(12-14)24(35)28(23(15)34)17-5-7-20(31)27-22(17)33/h2-4,6,10,12,17,25,29-30H,1,5,7-9,11H2,(H,26,32)(H,27,31,33). The Bertz CT molecular complexity index is 1230. The molecule has 5 amide bonds. The number of phenolic OH excluding ortho intramolecular Hbond substituents is 2. The number of nitrogens with zero attached hydrogens (tertiary/aromatic N) is 1. The highest BCUT2D eigenvalue weighted by atomic mass is 16.3. The van der Waals surface area contributed by atoms with E-state index < -0.39 is 29.7 Å². The number of nitrogens with one attached hydrogen (secondary N) is 3. The van der Waals surface area contributed by atoms with Crippen molar-refractivity contribution in [2.45, 2.75) is 31.7 Å². The second kappa shape index (κ2) is 9.84. The van der Waals surface area contributed by atoms with Crippen LogP contribution in [0.1, 0.15) is 45.5 Å². The van der Waals surface area contributed by atoms with Crippen LogP contribution < -0.4 is 16.0 Å². The van der Waals surface area contributed by atoms with Crippen molar-refractivity contribution in [2.75, 3.05) is 18.4 Å². The molecule has 2 aliphatic heterocycles. The molecule has 2 aliphatic rings. The SMILES string of the molecule is O=C(Cc1ccc(O)c(O)c1)NCCCNc1ccc2c(c1)C(=O)N(C1CCC(=O)NC1=O)C2=O. The predicted octanol–water partition coefficient (Wildman–Crippen LogP) is 0.660. The zero-order valence-corrected chi connectivity index (χ0v) is 18.7. The lowest BCUT2D eigenvalue weighted by molar-refractivity contribution is -0.136. The maximum atomic E-state index is 12.9. The average Bonchev–Trinajstić information content (AvgIpc) is 3.06. The maximum absolute atomic E-state index is 12.9. The van der Waals surface area contributed by atoms with Gasteiger partial charge in [-0.25, -0.2) is 0 Å². The maximum Gasteiger partial charge on any atom is 0.262 e. The Morgan fingerprint density at radius 2 is 1.74 bits per heavy atom. The number of anilines is 1. The van der Waals surface area contributed by atoms with Gasteiger partial charge >= 0.3 is 0 Å². The van der Waals surface area contributed by atoms with Crippen molar-refractivity contribution in [3.05, 3.63) is 53.1 Å². The van der Waals surface area contributed by atoms with Gasteiger partial charge in [-0.3, -0.25) is 34.2 Å². The van der Waals surface area contributed by atoms with E-state index in [1.165, 1.54) is 18.2 Å². The summed E-state index contributed by atoms with van der Waals surface area (Å²) in [5.74, 6) is -2.98. The molecular weight excluding hydrogens is 456 g/mol. The molecule has 1 atom stereocenters. The molecule has 0 radical (unpaired) electrons. The molecule has 5 N–H and O–H groups in total. The van der Waals surface area contributed by atoms with Gasteiger partial charge in [-0.05, 0) is 48.7 Å². The van der Waals surface area contributed by atoms with Crippen LogP contribution in [0.3, 0.4) is 0 Å². The van der Waals surface area contributed by atoms with Crippen molar-refractivity contribution in [2.24, 2.45) is 0 Å². The molecule has 11 heteroatoms. The molecule has 1 saturated heterocycles. The first-order valence-electron chi connectivity index (χ1n) is 11.1. The van der Waals surface area contributed by atoms with E-state index in [9.17, 15) is 34.2 Å². The molecule has 2 aromatic rings. The minimum atomic E-state index is -1.01. The third-order valence-electron chi connectivity index (χ3n) is 5.85. The number of fused-ring (bicyclic) bond motifs is 1. The summed E-state index contributed by atoms with van der Waals surface area (Å²) in [4.78, 5) is 62.1. The van der Waals surface area contributed by atoms with Gasteiger partial charge in [0.1, 0.15) is 6.04 Å². The molecule has 0 aromatic heterocycles. The predicted molar refractivity (Wildman–Crippen MR) is 123 cm³/mol. The Labute approximate surface area is 200 Å². The molecular formula is C24H24N4O7. The molecule has 0 saturated carbocycles. The van der Waals surface area contributed by atoms with E-state index >= 15 is 0 Å². The summed E-state index contributed by atoms with van der Waals surface area (Å²) in [6, 6.07) is 7.94. The number of hydrogen-bond donors (Lipinski definition) is 5. The van der Waals surface area contributed by atoms with Crippen LogP contribution in [0.2, 0.25) is 0 Å². The first kappa shape index (κ1) is 23.7. The second-order valence-corrected chi connectivity index (χ2v) is 8.34. The third-order valence-corrected chi connectivity index (χ3v) is 5.85. The summed E-state index contributed by atoms with van der Waals surface area (Å²) in [6.07, 6.45) is 0.802. The van der Waals surface area contributed by atoms with Gasteiger partial charge in [0.05, 0.1) is 17.5 Å². The van der Waals surface area contributed by atoms with Gasteiger partial charge in [0.25, 0.3) is 11.8 Å². The monoisotopic (exact) mass is 480 g/mol. The van der Waals surface area contributed by atoms with E-state index in [0.717, 1.165) is 4.90 Å². The Kier molecular flexibility index (Phi) is 6.67. The zero-order valence-electron chi connectivity index (χ0n) is 18.7. The molecule has 2 heterocycles. The molecule has 35 heavy (non-hydrogen) atoms. The highest BCUT2D eigenvalue weighted by molar-refractivity contribution is 6.23. The Morgan fingerprint density at radius 1 is 0.971 bits per heavy atom. The summed E-state index contributed by atoms with van der Waals surface area (Å²) in [7, 11) is 0. The molecule has 0 aliphatic carbocycles. The smallest absolute Gasteiger partial charge is 0.262 e. The number of amides is 5. The molecule has 1 fully saturated rings. The van der Waals surface area contributed by atoms with E-state index in [-0.39, 0.29) is 47.8 Å². The van der Waals surface area contributed by atoms with Crippen molar-refractivity contribution in [3.8, 4) is 11.5 Å². The van der Waals surface area contributed by atoms with Gasteiger partial charge in [0.15, 0.2) is 11.5 Å². The first-order valence-corrected chi connectivity index (χ1v) is 11.1. The van der Waals surface area contributed by atoms with Gasteiger partial charge in [-0.15, -0.1) is 0 Å². The summed E-state index contributed by atoms with van der Waals surface area (Å²) < 4.78 is 0. The number of benzene rings is 2. The van der Waals surface area contributed by atoms with Crippen molar-refractivity contribution in [1.29, 1.82) is 0 Å². The average molecular weight is 480 g/mol. The van der Waals surface area contributed by atoms with Crippen LogP contribution in [0.4, 0.5) is 5.69 Å². The summed E-state index contributed by atoms with van der Waals surface area (Å²) in [5.41, 5.74) is 1.58. The fourth-order valence-corrected chi connectivity index (χ4v) is 4.06. The Hall–Kier alpha value is -4.41. The number of rotatable bonds is 8. The minimum absolute atomic E-state index is 0.0601. The van der Waals surface area contributed by atoms with Crippen LogP contribution in [0, 0.1) is 0 Å². The number of hydrogen-bond acceptors (Lipinski definition) is 8. The number of imide groups is 2. The van der Waals surface area contributed by atoms with Crippen LogP contribution in [0.15, 0.2) is 36.4 Å². The summed E-state index contributed by atoms with van der Waals surface area (Å²) >= 11 is 0. The van der Waals surface area contributed by atoms with Gasteiger partial charge in [0, 0.05) is 25.2 Å².